The highest BCUT2D eigenvalue weighted by Crippen LogP contribution is 2.67. The van der Waals surface area contributed by atoms with E-state index in [1.54, 1.807) is 0 Å². The van der Waals surface area contributed by atoms with Gasteiger partial charge in [-0.15, -0.1) is 11.8 Å². The molecule has 0 aromatic carbocycles. The Bertz CT molecular complexity index is 522. The Morgan fingerprint density at radius 2 is 1.62 bits per heavy atom. The first-order chi connectivity index (χ1) is 12.5. The largest absolute Gasteiger partial charge is 0.107 e. The van der Waals surface area contributed by atoms with Crippen molar-refractivity contribution < 1.29 is 0 Å². The average molecular weight is 357 g/mol. The van der Waals surface area contributed by atoms with Crippen molar-refractivity contribution in [1.29, 1.82) is 0 Å². The van der Waals surface area contributed by atoms with Crippen molar-refractivity contribution in [3.8, 4) is 11.8 Å². The molecule has 0 spiro atoms. The predicted molar refractivity (Wildman–Crippen MR) is 114 cm³/mol. The van der Waals surface area contributed by atoms with Crippen molar-refractivity contribution in [2.75, 3.05) is 0 Å². The van der Waals surface area contributed by atoms with Crippen LogP contribution in [0.25, 0.3) is 0 Å². The van der Waals surface area contributed by atoms with Crippen LogP contribution in [0, 0.1) is 52.3 Å². The first-order valence-electron chi connectivity index (χ1n) is 11.9. The SMILES string of the molecule is CC#CCCC1CCC2C3CCC(CCC)C(C)(CCC)C3CCC12C. The molecule has 3 saturated carbocycles. The zero-order valence-corrected chi connectivity index (χ0v) is 18.4. The first kappa shape index (κ1) is 20.3. The summed E-state index contributed by atoms with van der Waals surface area (Å²) in [6.07, 6.45) is 17.3. The van der Waals surface area contributed by atoms with E-state index < -0.39 is 0 Å². The maximum absolute atomic E-state index is 3.34. The van der Waals surface area contributed by atoms with Gasteiger partial charge in [0.2, 0.25) is 0 Å². The highest BCUT2D eigenvalue weighted by molar-refractivity contribution is 5.08. The van der Waals surface area contributed by atoms with Crippen LogP contribution in [0.5, 0.6) is 0 Å². The van der Waals surface area contributed by atoms with Crippen LogP contribution in [0.4, 0.5) is 0 Å². The molecule has 0 saturated heterocycles. The lowest BCUT2D eigenvalue weighted by Gasteiger charge is -2.59. The van der Waals surface area contributed by atoms with E-state index in [1.165, 1.54) is 70.6 Å². The van der Waals surface area contributed by atoms with Gasteiger partial charge in [0.1, 0.15) is 0 Å². The smallest absolute Gasteiger partial charge is 0.00914 e. The summed E-state index contributed by atoms with van der Waals surface area (Å²) >= 11 is 0. The van der Waals surface area contributed by atoms with Crippen LogP contribution in [0.1, 0.15) is 112 Å². The molecule has 3 aliphatic carbocycles. The molecule has 0 heteroatoms. The molecule has 3 aliphatic rings. The van der Waals surface area contributed by atoms with Crippen molar-refractivity contribution in [3.05, 3.63) is 0 Å². The van der Waals surface area contributed by atoms with Gasteiger partial charge in [0, 0.05) is 6.42 Å². The molecule has 0 N–H and O–H groups in total. The van der Waals surface area contributed by atoms with Crippen LogP contribution in [0.3, 0.4) is 0 Å². The summed E-state index contributed by atoms with van der Waals surface area (Å²) < 4.78 is 0. The van der Waals surface area contributed by atoms with E-state index in [9.17, 15) is 0 Å². The Morgan fingerprint density at radius 1 is 0.846 bits per heavy atom. The zero-order chi connectivity index (χ0) is 18.8. The van der Waals surface area contributed by atoms with Crippen molar-refractivity contribution in [2.45, 2.75) is 112 Å². The molecule has 0 aromatic heterocycles. The molecule has 0 radical (unpaired) electrons. The van der Waals surface area contributed by atoms with Gasteiger partial charge in [-0.3, -0.25) is 0 Å². The van der Waals surface area contributed by atoms with Gasteiger partial charge in [-0.05, 0) is 98.7 Å². The van der Waals surface area contributed by atoms with Gasteiger partial charge in [0.15, 0.2) is 0 Å². The molecule has 26 heavy (non-hydrogen) atoms. The lowest BCUT2D eigenvalue weighted by molar-refractivity contribution is -0.102. The molecule has 7 atom stereocenters. The summed E-state index contributed by atoms with van der Waals surface area (Å²) in [7, 11) is 0. The minimum atomic E-state index is 0.626. The lowest BCUT2D eigenvalue weighted by atomic mass is 9.46. The fraction of sp³-hybridized carbons (Fsp3) is 0.923. The highest BCUT2D eigenvalue weighted by atomic mass is 14.6. The minimum Gasteiger partial charge on any atom is -0.107 e. The van der Waals surface area contributed by atoms with Crippen molar-refractivity contribution in [1.82, 2.24) is 0 Å². The molecule has 0 amide bonds. The third-order valence-electron chi connectivity index (χ3n) is 9.48. The van der Waals surface area contributed by atoms with Gasteiger partial charge >= 0.3 is 0 Å². The molecule has 0 aromatic rings. The maximum Gasteiger partial charge on any atom is 0.00914 e. The maximum atomic E-state index is 3.34. The summed E-state index contributed by atoms with van der Waals surface area (Å²) in [5.74, 6) is 11.5. The fourth-order valence-corrected chi connectivity index (χ4v) is 8.24. The Kier molecular flexibility index (Phi) is 6.47. The predicted octanol–water partition coefficient (Wildman–Crippen LogP) is 7.87. The molecular weight excluding hydrogens is 312 g/mol. The molecule has 0 heterocycles. The monoisotopic (exact) mass is 356 g/mol. The average Bonchev–Trinajstić information content (AvgIpc) is 2.95. The van der Waals surface area contributed by atoms with Gasteiger partial charge in [0.25, 0.3) is 0 Å². The number of fused-ring (bicyclic) bond motifs is 3. The van der Waals surface area contributed by atoms with Crippen LogP contribution in [0.15, 0.2) is 0 Å². The van der Waals surface area contributed by atoms with Gasteiger partial charge in [0.05, 0.1) is 0 Å². The number of hydrogen-bond acceptors (Lipinski definition) is 0. The van der Waals surface area contributed by atoms with Gasteiger partial charge in [-0.2, -0.15) is 0 Å². The molecular formula is C26H44. The molecule has 0 bridgehead atoms. The van der Waals surface area contributed by atoms with Gasteiger partial charge in [-0.1, -0.05) is 47.0 Å². The summed E-state index contributed by atoms with van der Waals surface area (Å²) in [5.41, 5.74) is 1.25. The third kappa shape index (κ3) is 3.38. The van der Waals surface area contributed by atoms with Crippen molar-refractivity contribution >= 4 is 0 Å². The number of hydrogen-bond donors (Lipinski definition) is 0. The van der Waals surface area contributed by atoms with E-state index in [0.717, 1.165) is 36.0 Å². The standard InChI is InChI=1S/C26H44/c1-6-9-10-12-21-14-16-23-22-15-13-20(11-7-2)25(4,18-8-3)24(22)17-19-26(21,23)5/h20-24H,7-8,10-19H2,1-5H3. The molecule has 0 nitrogen and oxygen atoms in total. The summed E-state index contributed by atoms with van der Waals surface area (Å²) in [5, 5.41) is 0. The third-order valence-corrected chi connectivity index (χ3v) is 9.48. The van der Waals surface area contributed by atoms with E-state index in [-0.39, 0.29) is 0 Å². The summed E-state index contributed by atoms with van der Waals surface area (Å²) in [4.78, 5) is 0. The molecule has 0 aliphatic heterocycles. The fourth-order valence-electron chi connectivity index (χ4n) is 8.24. The molecule has 3 rings (SSSR count). The van der Waals surface area contributed by atoms with Crippen LogP contribution >= 0.6 is 0 Å². The van der Waals surface area contributed by atoms with Crippen LogP contribution < -0.4 is 0 Å². The van der Waals surface area contributed by atoms with E-state index in [1.807, 2.05) is 6.92 Å². The normalized spacial score (nSPS) is 44.7. The second-order valence-electron chi connectivity index (χ2n) is 10.5. The van der Waals surface area contributed by atoms with E-state index in [0.29, 0.717) is 10.8 Å². The second-order valence-corrected chi connectivity index (χ2v) is 10.5. The first-order valence-corrected chi connectivity index (χ1v) is 11.9. The summed E-state index contributed by atoms with van der Waals surface area (Å²) in [6, 6.07) is 0. The summed E-state index contributed by atoms with van der Waals surface area (Å²) in [6.45, 7) is 12.2. The topological polar surface area (TPSA) is 0 Å². The van der Waals surface area contributed by atoms with Crippen LogP contribution in [-0.4, -0.2) is 0 Å². The van der Waals surface area contributed by atoms with E-state index in [4.69, 9.17) is 0 Å². The van der Waals surface area contributed by atoms with Crippen LogP contribution in [-0.2, 0) is 0 Å². The van der Waals surface area contributed by atoms with Crippen molar-refractivity contribution in [2.24, 2.45) is 40.4 Å². The van der Waals surface area contributed by atoms with Crippen molar-refractivity contribution in [3.63, 3.8) is 0 Å². The quantitative estimate of drug-likeness (QED) is 0.425. The molecule has 148 valence electrons. The minimum absolute atomic E-state index is 0.626. The van der Waals surface area contributed by atoms with E-state index in [2.05, 4.69) is 39.5 Å². The zero-order valence-electron chi connectivity index (χ0n) is 18.4. The molecule has 3 fully saturated rings. The highest BCUT2D eigenvalue weighted by Gasteiger charge is 2.58. The van der Waals surface area contributed by atoms with E-state index >= 15 is 0 Å². The Balaban J connectivity index is 1.79. The Labute approximate surface area is 164 Å². The van der Waals surface area contributed by atoms with Gasteiger partial charge in [-0.25, -0.2) is 0 Å². The lowest BCUT2D eigenvalue weighted by Crippen LogP contribution is -2.51. The Hall–Kier alpha value is -0.440. The Morgan fingerprint density at radius 3 is 2.31 bits per heavy atom. The van der Waals surface area contributed by atoms with Gasteiger partial charge < -0.3 is 0 Å². The molecule has 7 unspecified atom stereocenters. The van der Waals surface area contributed by atoms with Crippen LogP contribution in [0.2, 0.25) is 0 Å². The number of rotatable bonds is 6. The second kappa shape index (κ2) is 8.29.